The average molecular weight is 308 g/mol. The van der Waals surface area contributed by atoms with E-state index in [4.69, 9.17) is 0 Å². The second kappa shape index (κ2) is 7.60. The van der Waals surface area contributed by atoms with Crippen LogP contribution < -0.4 is 56.5 Å². The molecular weight excluding hydrogens is 291 g/mol. The number of nitrogens with zero attached hydrogens (tertiary/aromatic N) is 2. The molecule has 5 heteroatoms. The summed E-state index contributed by atoms with van der Waals surface area (Å²) in [6.45, 7) is 5.48. The van der Waals surface area contributed by atoms with E-state index in [0.717, 1.165) is 16.5 Å². The zero-order valence-corrected chi connectivity index (χ0v) is 16.0. The number of pyridine rings is 1. The van der Waals surface area contributed by atoms with Crippen LogP contribution in [0.25, 0.3) is 10.9 Å². The predicted octanol–water partition coefficient (Wildman–Crippen LogP) is -1.18. The van der Waals surface area contributed by atoms with Gasteiger partial charge in [-0.2, -0.15) is 0 Å². The summed E-state index contributed by atoms with van der Waals surface area (Å²) in [5, 5.41) is 12.2. The van der Waals surface area contributed by atoms with Crippen LogP contribution in [0.2, 0.25) is 0 Å². The van der Waals surface area contributed by atoms with E-state index in [1.165, 1.54) is 0 Å². The second-order valence-corrected chi connectivity index (χ2v) is 5.79. The molecule has 0 bridgehead atoms. The molecule has 1 aromatic carbocycles. The van der Waals surface area contributed by atoms with Crippen LogP contribution in [-0.2, 0) is 4.79 Å². The Balaban J connectivity index is 0.00000220. The smallest absolute Gasteiger partial charge is 0.548 e. The van der Waals surface area contributed by atoms with Gasteiger partial charge in [0.25, 0.3) is 0 Å². The third kappa shape index (κ3) is 4.69. The molecule has 1 heterocycles. The van der Waals surface area contributed by atoms with Crippen LogP contribution in [0.5, 0.6) is 0 Å². The maximum atomic E-state index is 11.2. The van der Waals surface area contributed by atoms with Crippen LogP contribution in [0.4, 0.5) is 0 Å². The summed E-state index contributed by atoms with van der Waals surface area (Å²) in [4.78, 5) is 19.7. The molecule has 0 amide bonds. The largest absolute Gasteiger partial charge is 1.00 e. The number of hydrogen-bond donors (Lipinski definition) is 0. The molecule has 0 aliphatic heterocycles. The quantitative estimate of drug-likeness (QED) is 0.530. The maximum absolute atomic E-state index is 11.2. The third-order valence-electron chi connectivity index (χ3n) is 3.07. The van der Waals surface area contributed by atoms with E-state index < -0.39 is 17.4 Å². The molecule has 1 aromatic heterocycles. The van der Waals surface area contributed by atoms with Crippen molar-refractivity contribution in [1.82, 2.24) is 4.98 Å². The first-order valence-electron chi connectivity index (χ1n) is 6.47. The van der Waals surface area contributed by atoms with Gasteiger partial charge in [0.2, 0.25) is 0 Å². The van der Waals surface area contributed by atoms with Gasteiger partial charge < -0.3 is 9.90 Å². The van der Waals surface area contributed by atoms with E-state index in [9.17, 15) is 9.90 Å². The summed E-state index contributed by atoms with van der Waals surface area (Å²) in [7, 11) is 0. The number of aliphatic imine (C=N–C) groups is 1. The van der Waals surface area contributed by atoms with Gasteiger partial charge in [-0.1, -0.05) is 45.0 Å². The SMILES string of the molecule is CC(C)(C)[C@H](N=Cc1cccc2cccnc12)C(=O)[O-].[K+]. The van der Waals surface area contributed by atoms with Gasteiger partial charge in [0, 0.05) is 23.4 Å². The minimum absolute atomic E-state index is 0. The molecule has 0 fully saturated rings. The topological polar surface area (TPSA) is 65.4 Å². The normalized spacial score (nSPS) is 13.1. The fourth-order valence-electron chi connectivity index (χ4n) is 2.02. The fourth-order valence-corrected chi connectivity index (χ4v) is 2.02. The number of benzene rings is 1. The Morgan fingerprint density at radius 3 is 2.57 bits per heavy atom. The van der Waals surface area contributed by atoms with Crippen LogP contribution in [0.1, 0.15) is 26.3 Å². The number of fused-ring (bicyclic) bond motifs is 1. The van der Waals surface area contributed by atoms with Crippen LogP contribution in [-0.4, -0.2) is 23.2 Å². The number of para-hydroxylation sites is 1. The number of aromatic nitrogens is 1. The van der Waals surface area contributed by atoms with Crippen molar-refractivity contribution in [3.05, 3.63) is 42.1 Å². The van der Waals surface area contributed by atoms with Gasteiger partial charge in [-0.25, -0.2) is 0 Å². The number of carboxylic acid groups (broad SMARTS) is 1. The minimum atomic E-state index is -1.16. The molecule has 0 spiro atoms. The van der Waals surface area contributed by atoms with Crippen molar-refractivity contribution in [1.29, 1.82) is 0 Å². The molecule has 104 valence electrons. The van der Waals surface area contributed by atoms with Crippen molar-refractivity contribution >= 4 is 23.1 Å². The summed E-state index contributed by atoms with van der Waals surface area (Å²) >= 11 is 0. The van der Waals surface area contributed by atoms with Crippen molar-refractivity contribution in [2.24, 2.45) is 10.4 Å². The Morgan fingerprint density at radius 2 is 1.95 bits per heavy atom. The number of hydrogen-bond acceptors (Lipinski definition) is 4. The summed E-state index contributed by atoms with van der Waals surface area (Å²) in [6.07, 6.45) is 3.28. The van der Waals surface area contributed by atoms with E-state index in [0.29, 0.717) is 0 Å². The van der Waals surface area contributed by atoms with Gasteiger partial charge in [0.05, 0.1) is 17.5 Å². The standard InChI is InChI=1S/C16H18N2O2.K/c1-16(2,3)14(15(19)20)18-10-12-7-4-6-11-8-5-9-17-13(11)12;/h4-10,14H,1-3H3,(H,19,20);/q;+1/p-1/t14-;/m1./s1. The van der Waals surface area contributed by atoms with E-state index in [1.54, 1.807) is 12.4 Å². The fraction of sp³-hybridized carbons (Fsp3) is 0.312. The number of aliphatic carboxylic acids is 1. The Bertz CT molecular complexity index is 657. The molecule has 0 aliphatic carbocycles. The first kappa shape index (κ1) is 18.5. The summed E-state index contributed by atoms with van der Waals surface area (Å²) in [5.74, 6) is -1.16. The van der Waals surface area contributed by atoms with Gasteiger partial charge in [-0.3, -0.25) is 9.98 Å². The van der Waals surface area contributed by atoms with Gasteiger partial charge in [-0.05, 0) is 11.5 Å². The van der Waals surface area contributed by atoms with Crippen molar-refractivity contribution in [3.63, 3.8) is 0 Å². The monoisotopic (exact) mass is 308 g/mol. The van der Waals surface area contributed by atoms with Crippen LogP contribution in [0.3, 0.4) is 0 Å². The average Bonchev–Trinajstić information content (AvgIpc) is 2.37. The molecule has 0 saturated carbocycles. The van der Waals surface area contributed by atoms with E-state index in [2.05, 4.69) is 9.98 Å². The Kier molecular flexibility index (Phi) is 6.68. The van der Waals surface area contributed by atoms with Gasteiger partial charge in [0.15, 0.2) is 0 Å². The Hall–Kier alpha value is -0.594. The van der Waals surface area contributed by atoms with Crippen molar-refractivity contribution in [3.8, 4) is 0 Å². The van der Waals surface area contributed by atoms with E-state index >= 15 is 0 Å². The molecule has 0 radical (unpaired) electrons. The van der Waals surface area contributed by atoms with Crippen molar-refractivity contribution in [2.75, 3.05) is 0 Å². The molecule has 0 aliphatic rings. The summed E-state index contributed by atoms with van der Waals surface area (Å²) < 4.78 is 0. The molecule has 2 aromatic rings. The minimum Gasteiger partial charge on any atom is -0.548 e. The first-order valence-corrected chi connectivity index (χ1v) is 6.47. The molecular formula is C16H17KN2O2. The third-order valence-corrected chi connectivity index (χ3v) is 3.07. The zero-order valence-electron chi connectivity index (χ0n) is 12.8. The second-order valence-electron chi connectivity index (χ2n) is 5.79. The first-order chi connectivity index (χ1) is 9.39. The molecule has 4 nitrogen and oxygen atoms in total. The van der Waals surface area contributed by atoms with Crippen molar-refractivity contribution in [2.45, 2.75) is 26.8 Å². The molecule has 2 rings (SSSR count). The summed E-state index contributed by atoms with van der Waals surface area (Å²) in [6, 6.07) is 8.66. The maximum Gasteiger partial charge on any atom is 1.00 e. The molecule has 0 unspecified atom stereocenters. The Labute approximate surface area is 167 Å². The number of carbonyl (C=O) groups excluding carboxylic acids is 1. The molecule has 1 atom stereocenters. The van der Waals surface area contributed by atoms with Crippen LogP contribution >= 0.6 is 0 Å². The van der Waals surface area contributed by atoms with Crippen LogP contribution in [0, 0.1) is 5.41 Å². The van der Waals surface area contributed by atoms with E-state index in [-0.39, 0.29) is 51.4 Å². The molecule has 21 heavy (non-hydrogen) atoms. The molecule has 0 saturated heterocycles. The predicted molar refractivity (Wildman–Crippen MR) is 77.6 cm³/mol. The van der Waals surface area contributed by atoms with Gasteiger partial charge in [0.1, 0.15) is 0 Å². The Morgan fingerprint density at radius 1 is 1.29 bits per heavy atom. The van der Waals surface area contributed by atoms with Gasteiger partial charge in [-0.15, -0.1) is 0 Å². The number of carboxylic acids is 1. The number of rotatable bonds is 3. The summed E-state index contributed by atoms with van der Waals surface area (Å²) in [5.41, 5.74) is 1.12. The molecule has 0 N–H and O–H groups in total. The van der Waals surface area contributed by atoms with Crippen molar-refractivity contribution < 1.29 is 61.3 Å². The number of carbonyl (C=O) groups is 1. The zero-order chi connectivity index (χ0) is 14.8. The van der Waals surface area contributed by atoms with Crippen LogP contribution in [0.15, 0.2) is 41.5 Å². The van der Waals surface area contributed by atoms with E-state index in [1.807, 2.05) is 51.1 Å². The van der Waals surface area contributed by atoms with Gasteiger partial charge >= 0.3 is 51.4 Å².